The van der Waals surface area contributed by atoms with Gasteiger partial charge in [-0.3, -0.25) is 0 Å². The lowest BCUT2D eigenvalue weighted by Crippen LogP contribution is -2.63. The topological polar surface area (TPSA) is 172 Å². The molecule has 1 fully saturated rings. The first-order chi connectivity index (χ1) is 34.2. The number of fused-ring (bicyclic) bond motifs is 1. The molecule has 356 valence electrons. The highest BCUT2D eigenvalue weighted by atomic mass is 16.7. The van der Waals surface area contributed by atoms with Crippen LogP contribution in [0.5, 0.6) is 17.2 Å². The largest absolute Gasteiger partial charge is 0.484 e. The van der Waals surface area contributed by atoms with E-state index >= 15 is 0 Å². The van der Waals surface area contributed by atoms with Crippen LogP contribution in [-0.4, -0.2) is 67.8 Å². The molecule has 0 spiro atoms. The fourth-order valence-electron chi connectivity index (χ4n) is 7.48. The van der Waals surface area contributed by atoms with Crippen molar-refractivity contribution >= 4 is 34.8 Å². The first-order valence-corrected chi connectivity index (χ1v) is 22.6. The molecule has 2 heterocycles. The van der Waals surface area contributed by atoms with Gasteiger partial charge in [0.15, 0.2) is 18.0 Å². The van der Waals surface area contributed by atoms with Gasteiger partial charge in [-0.15, -0.1) is 0 Å². The van der Waals surface area contributed by atoms with Crippen molar-refractivity contribution in [2.45, 2.75) is 57.1 Å². The standard InChI is InChI=1S/C56H48O14/c1-2-3-4-20-33-62-49-46(63-35-37-21-10-5-11-22-37)43-32-31-42(34-44(43)66-55(49)61)65-56-50(70-54(60)41-29-18-9-19-30-41)48(69-53(59)40-27-16-8-17-28-40)47(68-52(58)39-25-14-7-15-26-39)45(67-56)36-64-51(57)38-23-12-6-13-24-38/h3-19,21-32,34,45,47-48,50,56H,2,20,33,35-36H2,1H3/b4-3+/t45-,47+,48+,50-,56-/m1/s1. The molecule has 5 atom stereocenters. The van der Waals surface area contributed by atoms with Crippen LogP contribution >= 0.6 is 0 Å². The first kappa shape index (κ1) is 48.0. The summed E-state index contributed by atoms with van der Waals surface area (Å²) < 4.78 is 55.4. The summed E-state index contributed by atoms with van der Waals surface area (Å²) in [4.78, 5) is 69.2. The molecule has 1 saturated heterocycles. The lowest BCUT2D eigenvalue weighted by Gasteiger charge is -2.44. The molecule has 1 aliphatic heterocycles. The Balaban J connectivity index is 1.20. The number of allylic oxidation sites excluding steroid dienone is 1. The minimum atomic E-state index is -1.68. The predicted molar refractivity (Wildman–Crippen MR) is 256 cm³/mol. The third kappa shape index (κ3) is 12.1. The van der Waals surface area contributed by atoms with E-state index in [1.54, 1.807) is 97.1 Å². The van der Waals surface area contributed by atoms with Gasteiger partial charge in [-0.2, -0.15) is 0 Å². The van der Waals surface area contributed by atoms with Crippen LogP contribution in [0.1, 0.15) is 66.8 Å². The number of carbonyl (C=O) groups excluding carboxylic acids is 4. The van der Waals surface area contributed by atoms with Crippen molar-refractivity contribution in [3.05, 3.63) is 220 Å². The zero-order valence-corrected chi connectivity index (χ0v) is 38.0. The molecule has 0 saturated carbocycles. The highest BCUT2D eigenvalue weighted by molar-refractivity contribution is 5.92. The number of hydrogen-bond acceptors (Lipinski definition) is 14. The van der Waals surface area contributed by atoms with Gasteiger partial charge in [0.1, 0.15) is 30.7 Å². The van der Waals surface area contributed by atoms with Gasteiger partial charge in [0, 0.05) is 6.07 Å². The molecule has 0 bridgehead atoms. The zero-order chi connectivity index (χ0) is 48.7. The van der Waals surface area contributed by atoms with Gasteiger partial charge in [0.05, 0.1) is 34.2 Å². The summed E-state index contributed by atoms with van der Waals surface area (Å²) in [6.07, 6.45) is -2.71. The van der Waals surface area contributed by atoms with Crippen molar-refractivity contribution < 1.29 is 61.5 Å². The first-order valence-electron chi connectivity index (χ1n) is 22.6. The maximum atomic E-state index is 14.1. The van der Waals surface area contributed by atoms with Crippen LogP contribution in [0.15, 0.2) is 191 Å². The average Bonchev–Trinajstić information content (AvgIpc) is 3.40. The normalized spacial score (nSPS) is 17.5. The highest BCUT2D eigenvalue weighted by Crippen LogP contribution is 2.37. The van der Waals surface area contributed by atoms with Crippen molar-refractivity contribution in [2.24, 2.45) is 0 Å². The van der Waals surface area contributed by atoms with E-state index in [1.165, 1.54) is 42.5 Å². The minimum absolute atomic E-state index is 0.0293. The number of carbonyl (C=O) groups is 4. The van der Waals surface area contributed by atoms with Crippen LogP contribution in [0.4, 0.5) is 0 Å². The summed E-state index contributed by atoms with van der Waals surface area (Å²) in [7, 11) is 0. The molecule has 70 heavy (non-hydrogen) atoms. The van der Waals surface area contributed by atoms with E-state index in [-0.39, 0.29) is 58.3 Å². The molecule has 14 heteroatoms. The van der Waals surface area contributed by atoms with Crippen LogP contribution in [0, 0.1) is 0 Å². The van der Waals surface area contributed by atoms with Gasteiger partial charge in [0.2, 0.25) is 18.1 Å². The van der Waals surface area contributed by atoms with Gasteiger partial charge in [-0.1, -0.05) is 122 Å². The third-order valence-corrected chi connectivity index (χ3v) is 10.9. The summed E-state index contributed by atoms with van der Waals surface area (Å²) in [6.45, 7) is 1.73. The van der Waals surface area contributed by atoms with Crippen LogP contribution in [-0.2, 0) is 30.3 Å². The van der Waals surface area contributed by atoms with Gasteiger partial charge in [0.25, 0.3) is 0 Å². The number of benzene rings is 6. The number of ether oxygens (including phenoxy) is 8. The third-order valence-electron chi connectivity index (χ3n) is 10.9. The highest BCUT2D eigenvalue weighted by Gasteiger charge is 2.54. The Morgan fingerprint density at radius 2 is 1.07 bits per heavy atom. The second-order valence-corrected chi connectivity index (χ2v) is 15.8. The van der Waals surface area contributed by atoms with Crippen molar-refractivity contribution in [1.29, 1.82) is 0 Å². The fraction of sp³-hybridized carbons (Fsp3) is 0.196. The Kier molecular flexibility index (Phi) is 16.1. The van der Waals surface area contributed by atoms with Crippen molar-refractivity contribution in [3.63, 3.8) is 0 Å². The smallest absolute Gasteiger partial charge is 0.383 e. The molecule has 1 aromatic heterocycles. The van der Waals surface area contributed by atoms with Crippen molar-refractivity contribution in [1.82, 2.24) is 0 Å². The second-order valence-electron chi connectivity index (χ2n) is 15.8. The van der Waals surface area contributed by atoms with Crippen LogP contribution < -0.4 is 19.8 Å². The zero-order valence-electron chi connectivity index (χ0n) is 38.0. The maximum absolute atomic E-state index is 14.1. The molecule has 14 nitrogen and oxygen atoms in total. The molecular weight excluding hydrogens is 897 g/mol. The fourth-order valence-corrected chi connectivity index (χ4v) is 7.48. The quantitative estimate of drug-likeness (QED) is 0.0247. The van der Waals surface area contributed by atoms with Crippen LogP contribution in [0.2, 0.25) is 0 Å². The summed E-state index contributed by atoms with van der Waals surface area (Å²) >= 11 is 0. The second kappa shape index (κ2) is 23.5. The van der Waals surface area contributed by atoms with Gasteiger partial charge < -0.3 is 42.3 Å². The Morgan fingerprint density at radius 1 is 0.557 bits per heavy atom. The Morgan fingerprint density at radius 3 is 1.63 bits per heavy atom. The number of rotatable bonds is 19. The van der Waals surface area contributed by atoms with Crippen LogP contribution in [0.3, 0.4) is 0 Å². The van der Waals surface area contributed by atoms with Crippen LogP contribution in [0.25, 0.3) is 11.0 Å². The monoisotopic (exact) mass is 944 g/mol. The van der Waals surface area contributed by atoms with E-state index in [0.717, 1.165) is 12.0 Å². The molecule has 0 radical (unpaired) electrons. The molecule has 6 aromatic carbocycles. The van der Waals surface area contributed by atoms with E-state index in [0.29, 0.717) is 11.8 Å². The van der Waals surface area contributed by atoms with E-state index < -0.39 is 66.8 Å². The molecule has 1 aliphatic rings. The number of hydrogen-bond donors (Lipinski definition) is 0. The molecule has 0 N–H and O–H groups in total. The summed E-state index contributed by atoms with van der Waals surface area (Å²) in [5.74, 6) is -3.27. The van der Waals surface area contributed by atoms with E-state index in [2.05, 4.69) is 0 Å². The van der Waals surface area contributed by atoms with Gasteiger partial charge in [-0.05, 0) is 79.1 Å². The molecule has 0 aliphatic carbocycles. The lowest BCUT2D eigenvalue weighted by atomic mass is 9.97. The van der Waals surface area contributed by atoms with E-state index in [1.807, 2.05) is 49.4 Å². The molecule has 8 rings (SSSR count). The van der Waals surface area contributed by atoms with Gasteiger partial charge >= 0.3 is 29.5 Å². The summed E-state index contributed by atoms with van der Waals surface area (Å²) in [5.41, 5.74) is 0.664. The van der Waals surface area contributed by atoms with E-state index in [9.17, 15) is 24.0 Å². The number of esters is 4. The lowest BCUT2D eigenvalue weighted by molar-refractivity contribution is -0.275. The average molecular weight is 945 g/mol. The molecule has 7 aromatic rings. The Labute approximate surface area is 402 Å². The molecular formula is C56H48O14. The van der Waals surface area contributed by atoms with Crippen molar-refractivity contribution in [3.8, 4) is 17.2 Å². The molecule has 0 unspecified atom stereocenters. The van der Waals surface area contributed by atoms with Crippen molar-refractivity contribution in [2.75, 3.05) is 13.2 Å². The summed E-state index contributed by atoms with van der Waals surface area (Å²) in [6, 6.07) is 46.2. The summed E-state index contributed by atoms with van der Waals surface area (Å²) in [5, 5.41) is 0.367. The Hall–Kier alpha value is -8.49. The minimum Gasteiger partial charge on any atom is -0.484 e. The SMILES string of the molecule is CC/C=C/CCOc1c(OCc2ccccc2)c2ccc(O[C@@H]3O[C@H](COC(=O)c4ccccc4)[C@H](OC(=O)c4ccccc4)[C@H](OC(=O)c4ccccc4)[C@H]3OC(=O)c3ccccc3)cc2oc1=O. The predicted octanol–water partition coefficient (Wildman–Crippen LogP) is 9.74. The molecule has 0 amide bonds. The maximum Gasteiger partial charge on any atom is 0.383 e. The Bertz CT molecular complexity index is 2940. The van der Waals surface area contributed by atoms with Gasteiger partial charge in [-0.25, -0.2) is 24.0 Å². The van der Waals surface area contributed by atoms with E-state index in [4.69, 9.17) is 42.3 Å².